The minimum absolute atomic E-state index is 0.433. The quantitative estimate of drug-likeness (QED) is 0.743. The number of hydrogen-bond donors (Lipinski definition) is 0. The maximum absolute atomic E-state index is 8.59. The summed E-state index contributed by atoms with van der Waals surface area (Å²) in [6.45, 7) is 4.35. The van der Waals surface area contributed by atoms with E-state index < -0.39 is 0 Å². The topological polar surface area (TPSA) is 23.8 Å². The van der Waals surface area contributed by atoms with Crippen molar-refractivity contribution in [2.24, 2.45) is 0 Å². The number of rotatable bonds is 4. The van der Waals surface area contributed by atoms with Gasteiger partial charge in [0.15, 0.2) is 0 Å². The van der Waals surface area contributed by atoms with Gasteiger partial charge in [-0.3, -0.25) is 0 Å². The van der Waals surface area contributed by atoms with Crippen molar-refractivity contribution in [3.8, 4) is 6.07 Å². The van der Waals surface area contributed by atoms with Crippen LogP contribution >= 0.6 is 11.6 Å². The average Bonchev–Trinajstić information content (AvgIpc) is 2.23. The summed E-state index contributed by atoms with van der Waals surface area (Å²) in [6.07, 6.45) is 2.64. The van der Waals surface area contributed by atoms with Crippen LogP contribution in [-0.4, -0.2) is 0 Å². The molecule has 0 aliphatic heterocycles. The van der Waals surface area contributed by atoms with Crippen molar-refractivity contribution in [1.29, 1.82) is 5.26 Å². The van der Waals surface area contributed by atoms with Crippen molar-refractivity contribution in [3.05, 3.63) is 34.3 Å². The zero-order valence-corrected chi connectivity index (χ0v) is 10.0. The monoisotopic (exact) mass is 221 g/mol. The molecular weight excluding hydrogens is 206 g/mol. The summed E-state index contributed by atoms with van der Waals surface area (Å²) in [7, 11) is 0. The molecule has 1 aromatic rings. The van der Waals surface area contributed by atoms with Crippen molar-refractivity contribution in [2.45, 2.75) is 39.0 Å². The van der Waals surface area contributed by atoms with Crippen molar-refractivity contribution >= 4 is 11.6 Å². The molecule has 0 amide bonds. The fraction of sp³-hybridized carbons (Fsp3) is 0.462. The van der Waals surface area contributed by atoms with Crippen LogP contribution in [0.1, 0.15) is 43.7 Å². The van der Waals surface area contributed by atoms with Crippen molar-refractivity contribution < 1.29 is 0 Å². The van der Waals surface area contributed by atoms with Crippen LogP contribution in [0.25, 0.3) is 0 Å². The molecule has 0 bridgehead atoms. The summed E-state index contributed by atoms with van der Waals surface area (Å²) in [4.78, 5) is 0. The molecule has 15 heavy (non-hydrogen) atoms. The first-order valence-corrected chi connectivity index (χ1v) is 5.76. The minimum Gasteiger partial charge on any atom is -0.198 e. The molecule has 0 saturated heterocycles. The first kappa shape index (κ1) is 12.1. The van der Waals surface area contributed by atoms with Crippen LogP contribution in [0.2, 0.25) is 5.02 Å². The maximum Gasteiger partial charge on any atom is 0.0669 e. The van der Waals surface area contributed by atoms with Crippen LogP contribution in [0.5, 0.6) is 0 Å². The number of benzene rings is 1. The van der Waals surface area contributed by atoms with Gasteiger partial charge in [-0.15, -0.1) is 0 Å². The third kappa shape index (κ3) is 2.97. The second-order valence-electron chi connectivity index (χ2n) is 3.70. The lowest BCUT2D eigenvalue weighted by atomic mass is 9.93. The van der Waals surface area contributed by atoms with Crippen LogP contribution in [0.3, 0.4) is 0 Å². The van der Waals surface area contributed by atoms with E-state index in [4.69, 9.17) is 16.9 Å². The van der Waals surface area contributed by atoms with E-state index >= 15 is 0 Å². The van der Waals surface area contributed by atoms with Crippen LogP contribution in [0.4, 0.5) is 0 Å². The van der Waals surface area contributed by atoms with E-state index in [0.29, 0.717) is 12.3 Å². The number of nitrogens with zero attached hydrogens (tertiary/aromatic N) is 1. The molecule has 0 heterocycles. The Kier molecular flexibility index (Phi) is 4.65. The van der Waals surface area contributed by atoms with Gasteiger partial charge in [0.2, 0.25) is 0 Å². The molecule has 0 radical (unpaired) electrons. The third-order valence-corrected chi connectivity index (χ3v) is 3.10. The van der Waals surface area contributed by atoms with Gasteiger partial charge >= 0.3 is 0 Å². The molecule has 0 spiro atoms. The van der Waals surface area contributed by atoms with Gasteiger partial charge in [0, 0.05) is 5.02 Å². The van der Waals surface area contributed by atoms with Gasteiger partial charge in [-0.25, -0.2) is 0 Å². The third-order valence-electron chi connectivity index (χ3n) is 2.77. The zero-order valence-electron chi connectivity index (χ0n) is 9.26. The zero-order chi connectivity index (χ0) is 11.3. The Hall–Kier alpha value is -1.00. The lowest BCUT2D eigenvalue weighted by Gasteiger charge is -2.14. The Morgan fingerprint density at radius 2 is 2.00 bits per heavy atom. The van der Waals surface area contributed by atoms with E-state index in [1.54, 1.807) is 0 Å². The normalized spacial score (nSPS) is 10.3. The molecule has 1 aromatic carbocycles. The van der Waals surface area contributed by atoms with E-state index in [1.165, 1.54) is 5.56 Å². The van der Waals surface area contributed by atoms with E-state index in [9.17, 15) is 0 Å². The number of halogens is 1. The van der Waals surface area contributed by atoms with Crippen LogP contribution in [0.15, 0.2) is 18.2 Å². The smallest absolute Gasteiger partial charge is 0.0669 e. The van der Waals surface area contributed by atoms with E-state index in [-0.39, 0.29) is 0 Å². The van der Waals surface area contributed by atoms with Crippen LogP contribution < -0.4 is 0 Å². The molecular formula is C13H16ClN. The van der Waals surface area contributed by atoms with Crippen LogP contribution in [0, 0.1) is 11.3 Å². The molecule has 0 saturated carbocycles. The molecule has 0 aliphatic rings. The molecule has 2 heteroatoms. The van der Waals surface area contributed by atoms with Gasteiger partial charge in [0.05, 0.1) is 12.5 Å². The van der Waals surface area contributed by atoms with Crippen molar-refractivity contribution in [2.75, 3.05) is 0 Å². The highest BCUT2D eigenvalue weighted by atomic mass is 35.5. The van der Waals surface area contributed by atoms with Crippen molar-refractivity contribution in [3.63, 3.8) is 0 Å². The predicted octanol–water partition coefficient (Wildman–Crippen LogP) is 4.31. The lowest BCUT2D eigenvalue weighted by Crippen LogP contribution is -1.97. The highest BCUT2D eigenvalue weighted by Crippen LogP contribution is 2.30. The Morgan fingerprint density at radius 1 is 1.33 bits per heavy atom. The predicted molar refractivity (Wildman–Crippen MR) is 64.1 cm³/mol. The Balaban J connectivity index is 2.97. The molecule has 0 aromatic heterocycles. The molecule has 0 atom stereocenters. The van der Waals surface area contributed by atoms with E-state index in [1.807, 2.05) is 12.1 Å². The summed E-state index contributed by atoms with van der Waals surface area (Å²) in [5.41, 5.74) is 2.21. The molecule has 0 fully saturated rings. The van der Waals surface area contributed by atoms with Gasteiger partial charge in [-0.05, 0) is 36.0 Å². The Morgan fingerprint density at radius 3 is 2.47 bits per heavy atom. The highest BCUT2D eigenvalue weighted by Gasteiger charge is 2.10. The molecule has 0 N–H and O–H groups in total. The standard InChI is InChI=1S/C13H16ClN/c1-3-11(4-2)12-6-5-10(7-8-15)9-13(12)14/h5-6,9,11H,3-4,7H2,1-2H3. The maximum atomic E-state index is 8.59. The van der Waals surface area contributed by atoms with Crippen molar-refractivity contribution in [1.82, 2.24) is 0 Å². The van der Waals surface area contributed by atoms with Gasteiger partial charge < -0.3 is 0 Å². The summed E-state index contributed by atoms with van der Waals surface area (Å²) in [5.74, 6) is 0.536. The highest BCUT2D eigenvalue weighted by molar-refractivity contribution is 6.31. The summed E-state index contributed by atoms with van der Waals surface area (Å²) < 4.78 is 0. The van der Waals surface area contributed by atoms with Gasteiger partial charge in [0.1, 0.15) is 0 Å². The lowest BCUT2D eigenvalue weighted by molar-refractivity contribution is 0.642. The van der Waals surface area contributed by atoms with E-state index in [2.05, 4.69) is 26.0 Å². The second-order valence-corrected chi connectivity index (χ2v) is 4.11. The second kappa shape index (κ2) is 5.78. The van der Waals surface area contributed by atoms with Gasteiger partial charge in [0.25, 0.3) is 0 Å². The first-order valence-electron chi connectivity index (χ1n) is 5.38. The molecule has 0 aliphatic carbocycles. The molecule has 80 valence electrons. The van der Waals surface area contributed by atoms with Crippen LogP contribution in [-0.2, 0) is 6.42 Å². The summed E-state index contributed by atoms with van der Waals surface area (Å²) >= 11 is 6.21. The Labute approximate surface area is 96.7 Å². The number of hydrogen-bond acceptors (Lipinski definition) is 1. The molecule has 1 rings (SSSR count). The van der Waals surface area contributed by atoms with Gasteiger partial charge in [-0.1, -0.05) is 37.6 Å². The molecule has 0 unspecified atom stereocenters. The Bertz CT molecular complexity index is 361. The molecule has 1 nitrogen and oxygen atoms in total. The minimum atomic E-state index is 0.433. The summed E-state index contributed by atoms with van der Waals surface area (Å²) in [5, 5.41) is 9.39. The SMILES string of the molecule is CCC(CC)c1ccc(CC#N)cc1Cl. The number of nitriles is 1. The fourth-order valence-electron chi connectivity index (χ4n) is 1.83. The van der Waals surface area contributed by atoms with Gasteiger partial charge in [-0.2, -0.15) is 5.26 Å². The van der Waals surface area contributed by atoms with E-state index in [0.717, 1.165) is 23.4 Å². The average molecular weight is 222 g/mol. The first-order chi connectivity index (χ1) is 7.22. The summed E-state index contributed by atoms with van der Waals surface area (Å²) in [6, 6.07) is 8.11. The largest absolute Gasteiger partial charge is 0.198 e. The fourth-order valence-corrected chi connectivity index (χ4v) is 2.19.